The van der Waals surface area contributed by atoms with Crippen LogP contribution in [-0.2, 0) is 4.79 Å². The maximum Gasteiger partial charge on any atom is 0.352 e. The number of anilines is 1. The Hall–Kier alpha value is -2.79. The van der Waals surface area contributed by atoms with Crippen LogP contribution in [0.2, 0.25) is 5.02 Å². The fraction of sp³-hybridized carbons (Fsp3) is 0.111. The molecular weight excluding hydrogens is 328 g/mol. The van der Waals surface area contributed by atoms with Gasteiger partial charge in [-0.1, -0.05) is 23.7 Å². The highest BCUT2D eigenvalue weighted by molar-refractivity contribution is 6.30. The first kappa shape index (κ1) is 17.6. The lowest BCUT2D eigenvalue weighted by atomic mass is 10.1. The van der Waals surface area contributed by atoms with Crippen LogP contribution in [0.5, 0.6) is 0 Å². The number of carbonyl (C=O) groups is 2. The van der Waals surface area contributed by atoms with E-state index in [2.05, 4.69) is 5.32 Å². The first-order valence-electron chi connectivity index (χ1n) is 7.16. The Morgan fingerprint density at radius 1 is 1.04 bits per heavy atom. The highest BCUT2D eigenvalue weighted by Crippen LogP contribution is 2.15. The van der Waals surface area contributed by atoms with E-state index in [1.165, 1.54) is 18.2 Å². The molecule has 0 atom stereocenters. The van der Waals surface area contributed by atoms with Crippen molar-refractivity contribution < 1.29 is 14.7 Å². The van der Waals surface area contributed by atoms with Crippen molar-refractivity contribution in [3.8, 4) is 0 Å². The molecule has 0 bridgehead atoms. The molecule has 0 heterocycles. The molecule has 0 saturated heterocycles. The highest BCUT2D eigenvalue weighted by Gasteiger charge is 2.13. The molecule has 2 N–H and O–H groups in total. The number of halogens is 1. The molecule has 0 unspecified atom stereocenters. The monoisotopic (exact) mass is 344 g/mol. The average Bonchev–Trinajstić information content (AvgIpc) is 2.55. The predicted octanol–water partition coefficient (Wildman–Crippen LogP) is 3.26. The van der Waals surface area contributed by atoms with E-state index in [0.717, 1.165) is 5.69 Å². The van der Waals surface area contributed by atoms with E-state index in [9.17, 15) is 14.7 Å². The Morgan fingerprint density at radius 3 is 2.12 bits per heavy atom. The number of hydrogen-bond donors (Lipinski definition) is 2. The van der Waals surface area contributed by atoms with Gasteiger partial charge in [-0.3, -0.25) is 4.79 Å². The van der Waals surface area contributed by atoms with Gasteiger partial charge in [0.25, 0.3) is 5.91 Å². The molecule has 0 aliphatic heterocycles. The van der Waals surface area contributed by atoms with Crippen LogP contribution in [0.3, 0.4) is 0 Å². The predicted molar refractivity (Wildman–Crippen MR) is 95.3 cm³/mol. The van der Waals surface area contributed by atoms with Gasteiger partial charge in [-0.2, -0.15) is 0 Å². The van der Waals surface area contributed by atoms with Crippen molar-refractivity contribution >= 4 is 35.2 Å². The lowest BCUT2D eigenvalue weighted by molar-refractivity contribution is -0.132. The quantitative estimate of drug-likeness (QED) is 0.817. The molecular formula is C18H17ClN2O3. The van der Waals surface area contributed by atoms with Crippen LogP contribution in [-0.4, -0.2) is 31.1 Å². The van der Waals surface area contributed by atoms with E-state index in [0.29, 0.717) is 16.1 Å². The Labute approximate surface area is 145 Å². The minimum Gasteiger partial charge on any atom is -0.477 e. The van der Waals surface area contributed by atoms with Crippen molar-refractivity contribution in [3.05, 3.63) is 70.4 Å². The SMILES string of the molecule is CN(C)c1ccc(/C=C(/NC(=O)c2ccc(Cl)cc2)C(=O)O)cc1. The number of rotatable bonds is 5. The van der Waals surface area contributed by atoms with E-state index in [1.54, 1.807) is 24.3 Å². The fourth-order valence-electron chi connectivity index (χ4n) is 1.98. The van der Waals surface area contributed by atoms with Gasteiger partial charge in [0, 0.05) is 30.4 Å². The lowest BCUT2D eigenvalue weighted by Gasteiger charge is -2.12. The molecule has 5 nitrogen and oxygen atoms in total. The van der Waals surface area contributed by atoms with Crippen LogP contribution >= 0.6 is 11.6 Å². The van der Waals surface area contributed by atoms with Crippen molar-refractivity contribution in [1.29, 1.82) is 0 Å². The van der Waals surface area contributed by atoms with Gasteiger partial charge in [-0.15, -0.1) is 0 Å². The molecule has 0 aliphatic rings. The van der Waals surface area contributed by atoms with Crippen LogP contribution in [0, 0.1) is 0 Å². The minimum atomic E-state index is -1.21. The topological polar surface area (TPSA) is 69.6 Å². The van der Waals surface area contributed by atoms with Gasteiger partial charge < -0.3 is 15.3 Å². The second kappa shape index (κ2) is 7.66. The third-order valence-electron chi connectivity index (χ3n) is 3.31. The summed E-state index contributed by atoms with van der Waals surface area (Å²) >= 11 is 5.77. The normalized spacial score (nSPS) is 11.0. The van der Waals surface area contributed by atoms with Gasteiger partial charge in [-0.05, 0) is 48.0 Å². The van der Waals surface area contributed by atoms with Crippen molar-refractivity contribution in [2.45, 2.75) is 0 Å². The summed E-state index contributed by atoms with van der Waals surface area (Å²) in [6.07, 6.45) is 1.41. The third-order valence-corrected chi connectivity index (χ3v) is 3.56. The van der Waals surface area contributed by atoms with Crippen LogP contribution < -0.4 is 10.2 Å². The Balaban J connectivity index is 2.20. The molecule has 2 aromatic rings. The number of nitrogens with zero attached hydrogens (tertiary/aromatic N) is 1. The first-order chi connectivity index (χ1) is 11.4. The molecule has 0 fully saturated rings. The summed E-state index contributed by atoms with van der Waals surface area (Å²) in [4.78, 5) is 25.5. The standard InChI is InChI=1S/C18H17ClN2O3/c1-21(2)15-9-3-12(4-10-15)11-16(18(23)24)20-17(22)13-5-7-14(19)8-6-13/h3-11H,1-2H3,(H,20,22)(H,23,24)/b16-11+. The molecule has 24 heavy (non-hydrogen) atoms. The van der Waals surface area contributed by atoms with E-state index in [-0.39, 0.29) is 5.70 Å². The summed E-state index contributed by atoms with van der Waals surface area (Å²) in [7, 11) is 3.83. The largest absolute Gasteiger partial charge is 0.477 e. The van der Waals surface area contributed by atoms with Crippen LogP contribution in [0.1, 0.15) is 15.9 Å². The molecule has 2 aromatic carbocycles. The number of carboxylic acids is 1. The van der Waals surface area contributed by atoms with Crippen molar-refractivity contribution in [2.24, 2.45) is 0 Å². The maximum absolute atomic E-state index is 12.1. The minimum absolute atomic E-state index is 0.201. The van der Waals surface area contributed by atoms with Crippen molar-refractivity contribution in [3.63, 3.8) is 0 Å². The van der Waals surface area contributed by atoms with E-state index >= 15 is 0 Å². The van der Waals surface area contributed by atoms with Crippen molar-refractivity contribution in [2.75, 3.05) is 19.0 Å². The van der Waals surface area contributed by atoms with Gasteiger partial charge in [-0.25, -0.2) is 4.79 Å². The summed E-state index contributed by atoms with van der Waals surface area (Å²) in [5.74, 6) is -1.72. The number of carboxylic acid groups (broad SMARTS) is 1. The average molecular weight is 345 g/mol. The zero-order valence-corrected chi connectivity index (χ0v) is 14.0. The summed E-state index contributed by atoms with van der Waals surface area (Å²) in [6, 6.07) is 13.5. The molecule has 2 rings (SSSR count). The Kier molecular flexibility index (Phi) is 5.60. The molecule has 1 amide bonds. The number of hydrogen-bond acceptors (Lipinski definition) is 3. The van der Waals surface area contributed by atoms with Crippen LogP contribution in [0.4, 0.5) is 5.69 Å². The van der Waals surface area contributed by atoms with E-state index < -0.39 is 11.9 Å². The zero-order chi connectivity index (χ0) is 17.7. The zero-order valence-electron chi connectivity index (χ0n) is 13.3. The number of amides is 1. The number of benzene rings is 2. The second-order valence-corrected chi connectivity index (χ2v) is 5.75. The van der Waals surface area contributed by atoms with Gasteiger partial charge in [0.2, 0.25) is 0 Å². The maximum atomic E-state index is 12.1. The molecule has 0 aromatic heterocycles. The Bertz CT molecular complexity index is 766. The highest BCUT2D eigenvalue weighted by atomic mass is 35.5. The molecule has 0 spiro atoms. The molecule has 0 aliphatic carbocycles. The number of aliphatic carboxylic acids is 1. The lowest BCUT2D eigenvalue weighted by Crippen LogP contribution is -2.27. The van der Waals surface area contributed by atoms with Crippen LogP contribution in [0.25, 0.3) is 6.08 Å². The van der Waals surface area contributed by atoms with E-state index in [4.69, 9.17) is 11.6 Å². The smallest absolute Gasteiger partial charge is 0.352 e. The van der Waals surface area contributed by atoms with Crippen molar-refractivity contribution in [1.82, 2.24) is 5.32 Å². The van der Waals surface area contributed by atoms with Crippen LogP contribution in [0.15, 0.2) is 54.2 Å². The van der Waals surface area contributed by atoms with Gasteiger partial charge >= 0.3 is 5.97 Å². The van der Waals surface area contributed by atoms with Gasteiger partial charge in [0.15, 0.2) is 0 Å². The molecule has 6 heteroatoms. The van der Waals surface area contributed by atoms with Gasteiger partial charge in [0.05, 0.1) is 0 Å². The summed E-state index contributed by atoms with van der Waals surface area (Å²) in [5.41, 5.74) is 1.80. The fourth-order valence-corrected chi connectivity index (χ4v) is 2.11. The summed E-state index contributed by atoms with van der Waals surface area (Å²) in [6.45, 7) is 0. The summed E-state index contributed by atoms with van der Waals surface area (Å²) in [5, 5.41) is 12.2. The number of carbonyl (C=O) groups excluding carboxylic acids is 1. The molecule has 124 valence electrons. The summed E-state index contributed by atoms with van der Waals surface area (Å²) < 4.78 is 0. The Morgan fingerprint density at radius 2 is 1.62 bits per heavy atom. The molecule has 0 saturated carbocycles. The first-order valence-corrected chi connectivity index (χ1v) is 7.54. The third kappa shape index (κ3) is 4.60. The second-order valence-electron chi connectivity index (χ2n) is 5.31. The number of nitrogens with one attached hydrogen (secondary N) is 1. The van der Waals surface area contributed by atoms with E-state index in [1.807, 2.05) is 31.1 Å². The molecule has 0 radical (unpaired) electrons. The van der Waals surface area contributed by atoms with Gasteiger partial charge in [0.1, 0.15) is 5.70 Å².